The van der Waals surface area contributed by atoms with Crippen LogP contribution in [0.25, 0.3) is 5.69 Å². The molecule has 0 radical (unpaired) electrons. The smallest absolute Gasteiger partial charge is 0.319 e. The van der Waals surface area contributed by atoms with Gasteiger partial charge < -0.3 is 10.6 Å². The number of aromatic nitrogens is 4. The standard InChI is InChI=1S/C16H15ClN6O/c1-11(12-3-2-4-13(17)9-12)19-16(24)20-14-5-7-15(8-6-14)23-10-18-21-22-23/h2-11H,1H3,(H2,19,20,24)/t11-/m1/s1. The zero-order chi connectivity index (χ0) is 16.9. The summed E-state index contributed by atoms with van der Waals surface area (Å²) < 4.78 is 1.53. The summed E-state index contributed by atoms with van der Waals surface area (Å²) >= 11 is 5.97. The number of carbonyl (C=O) groups is 1. The summed E-state index contributed by atoms with van der Waals surface area (Å²) in [7, 11) is 0. The molecule has 24 heavy (non-hydrogen) atoms. The summed E-state index contributed by atoms with van der Waals surface area (Å²) in [6.07, 6.45) is 1.50. The summed E-state index contributed by atoms with van der Waals surface area (Å²) in [5.74, 6) is 0. The molecular formula is C16H15ClN6O. The molecule has 0 fully saturated rings. The minimum atomic E-state index is -0.294. The Balaban J connectivity index is 1.60. The fourth-order valence-corrected chi connectivity index (χ4v) is 2.40. The predicted molar refractivity (Wildman–Crippen MR) is 91.2 cm³/mol. The summed E-state index contributed by atoms with van der Waals surface area (Å²) in [6, 6.07) is 14.1. The minimum Gasteiger partial charge on any atom is -0.331 e. The van der Waals surface area contributed by atoms with Gasteiger partial charge in [0.25, 0.3) is 0 Å². The molecule has 1 heterocycles. The Bertz CT molecular complexity index is 819. The Kier molecular flexibility index (Phi) is 4.72. The molecule has 3 aromatic rings. The molecule has 8 heteroatoms. The first-order valence-corrected chi connectivity index (χ1v) is 7.66. The van der Waals surface area contributed by atoms with E-state index in [1.165, 1.54) is 11.0 Å². The van der Waals surface area contributed by atoms with Gasteiger partial charge >= 0.3 is 6.03 Å². The maximum absolute atomic E-state index is 12.1. The normalized spacial score (nSPS) is 11.8. The van der Waals surface area contributed by atoms with E-state index in [9.17, 15) is 4.79 Å². The third-order valence-corrected chi connectivity index (χ3v) is 3.67. The topological polar surface area (TPSA) is 84.7 Å². The van der Waals surface area contributed by atoms with Crippen molar-refractivity contribution in [2.75, 3.05) is 5.32 Å². The Morgan fingerprint density at radius 1 is 1.21 bits per heavy atom. The molecule has 0 unspecified atom stereocenters. The molecule has 2 aromatic carbocycles. The number of nitrogens with one attached hydrogen (secondary N) is 2. The number of urea groups is 1. The zero-order valence-corrected chi connectivity index (χ0v) is 13.6. The number of rotatable bonds is 4. The Morgan fingerprint density at radius 2 is 2.00 bits per heavy atom. The molecule has 0 aliphatic rings. The van der Waals surface area contributed by atoms with Crippen molar-refractivity contribution >= 4 is 23.3 Å². The quantitative estimate of drug-likeness (QED) is 0.762. The largest absolute Gasteiger partial charge is 0.331 e. The molecule has 0 bridgehead atoms. The van der Waals surface area contributed by atoms with E-state index in [2.05, 4.69) is 26.2 Å². The van der Waals surface area contributed by atoms with Crippen LogP contribution < -0.4 is 10.6 Å². The van der Waals surface area contributed by atoms with E-state index in [1.54, 1.807) is 18.2 Å². The highest BCUT2D eigenvalue weighted by Gasteiger charge is 2.10. The fraction of sp³-hybridized carbons (Fsp3) is 0.125. The number of benzene rings is 2. The van der Waals surface area contributed by atoms with Crippen molar-refractivity contribution in [2.24, 2.45) is 0 Å². The molecule has 0 aliphatic heterocycles. The van der Waals surface area contributed by atoms with Crippen molar-refractivity contribution in [3.8, 4) is 5.69 Å². The second kappa shape index (κ2) is 7.10. The SMILES string of the molecule is C[C@@H](NC(=O)Nc1ccc(-n2cnnn2)cc1)c1cccc(Cl)c1. The number of nitrogens with zero attached hydrogens (tertiary/aromatic N) is 4. The first-order chi connectivity index (χ1) is 11.6. The van der Waals surface area contributed by atoms with E-state index in [4.69, 9.17) is 11.6 Å². The van der Waals surface area contributed by atoms with Gasteiger partial charge in [0.05, 0.1) is 11.7 Å². The van der Waals surface area contributed by atoms with E-state index in [-0.39, 0.29) is 12.1 Å². The van der Waals surface area contributed by atoms with Crippen LogP contribution >= 0.6 is 11.6 Å². The molecule has 3 rings (SSSR count). The van der Waals surface area contributed by atoms with Crippen LogP contribution in [0.1, 0.15) is 18.5 Å². The van der Waals surface area contributed by atoms with Gasteiger partial charge in [-0.3, -0.25) is 0 Å². The van der Waals surface area contributed by atoms with Crippen LogP contribution in [0.3, 0.4) is 0 Å². The lowest BCUT2D eigenvalue weighted by atomic mass is 10.1. The molecule has 2 N–H and O–H groups in total. The summed E-state index contributed by atoms with van der Waals surface area (Å²) in [5, 5.41) is 17.3. The zero-order valence-electron chi connectivity index (χ0n) is 12.8. The lowest BCUT2D eigenvalue weighted by molar-refractivity contribution is 0.249. The average molecular weight is 343 g/mol. The van der Waals surface area contributed by atoms with E-state index in [1.807, 2.05) is 37.3 Å². The van der Waals surface area contributed by atoms with Crippen LogP contribution in [0.15, 0.2) is 54.9 Å². The van der Waals surface area contributed by atoms with Gasteiger partial charge in [-0.25, -0.2) is 9.48 Å². The molecule has 7 nitrogen and oxygen atoms in total. The van der Waals surface area contributed by atoms with Crippen molar-refractivity contribution in [3.63, 3.8) is 0 Å². The van der Waals surface area contributed by atoms with Gasteiger partial charge in [0.2, 0.25) is 0 Å². The highest BCUT2D eigenvalue weighted by molar-refractivity contribution is 6.30. The Morgan fingerprint density at radius 3 is 2.67 bits per heavy atom. The molecule has 1 atom stereocenters. The van der Waals surface area contributed by atoms with Crippen molar-refractivity contribution in [1.82, 2.24) is 25.5 Å². The van der Waals surface area contributed by atoms with Crippen molar-refractivity contribution in [3.05, 3.63) is 65.4 Å². The van der Waals surface area contributed by atoms with Crippen LogP contribution in [-0.4, -0.2) is 26.2 Å². The van der Waals surface area contributed by atoms with E-state index in [0.29, 0.717) is 10.7 Å². The second-order valence-electron chi connectivity index (χ2n) is 5.18. The van der Waals surface area contributed by atoms with Crippen LogP contribution in [0.4, 0.5) is 10.5 Å². The number of hydrogen-bond donors (Lipinski definition) is 2. The Hall–Kier alpha value is -2.93. The number of amides is 2. The lowest BCUT2D eigenvalue weighted by Crippen LogP contribution is -2.31. The van der Waals surface area contributed by atoms with Gasteiger partial charge in [0, 0.05) is 10.7 Å². The van der Waals surface area contributed by atoms with Crippen LogP contribution in [0, 0.1) is 0 Å². The summed E-state index contributed by atoms with van der Waals surface area (Å²) in [6.45, 7) is 1.89. The van der Waals surface area contributed by atoms with E-state index < -0.39 is 0 Å². The predicted octanol–water partition coefficient (Wildman–Crippen LogP) is 3.20. The fourth-order valence-electron chi connectivity index (χ4n) is 2.20. The molecule has 122 valence electrons. The molecule has 0 saturated carbocycles. The number of hydrogen-bond acceptors (Lipinski definition) is 4. The molecule has 0 aliphatic carbocycles. The molecule has 0 spiro atoms. The molecule has 2 amide bonds. The maximum Gasteiger partial charge on any atom is 0.319 e. The van der Waals surface area contributed by atoms with Crippen molar-refractivity contribution in [1.29, 1.82) is 0 Å². The molecule has 1 aromatic heterocycles. The van der Waals surface area contributed by atoms with Crippen LogP contribution in [-0.2, 0) is 0 Å². The highest BCUT2D eigenvalue weighted by atomic mass is 35.5. The third-order valence-electron chi connectivity index (χ3n) is 3.44. The second-order valence-corrected chi connectivity index (χ2v) is 5.61. The van der Waals surface area contributed by atoms with Crippen molar-refractivity contribution in [2.45, 2.75) is 13.0 Å². The van der Waals surface area contributed by atoms with Gasteiger partial charge in [-0.1, -0.05) is 23.7 Å². The third kappa shape index (κ3) is 3.88. The minimum absolute atomic E-state index is 0.163. The molecule has 0 saturated heterocycles. The number of tetrazole rings is 1. The first kappa shape index (κ1) is 15.9. The highest BCUT2D eigenvalue weighted by Crippen LogP contribution is 2.18. The molecular weight excluding hydrogens is 328 g/mol. The number of anilines is 1. The average Bonchev–Trinajstić information content (AvgIpc) is 3.10. The van der Waals surface area contributed by atoms with Crippen LogP contribution in [0.5, 0.6) is 0 Å². The van der Waals surface area contributed by atoms with Crippen LogP contribution in [0.2, 0.25) is 5.02 Å². The maximum atomic E-state index is 12.1. The lowest BCUT2D eigenvalue weighted by Gasteiger charge is -2.15. The summed E-state index contributed by atoms with van der Waals surface area (Å²) in [5.41, 5.74) is 2.41. The number of halogens is 1. The number of carbonyl (C=O) groups excluding carboxylic acids is 1. The Labute approximate surface area is 143 Å². The van der Waals surface area contributed by atoms with Gasteiger partial charge in [0.15, 0.2) is 0 Å². The van der Waals surface area contributed by atoms with Crippen molar-refractivity contribution < 1.29 is 4.79 Å². The van der Waals surface area contributed by atoms with Gasteiger partial charge in [-0.2, -0.15) is 0 Å². The van der Waals surface area contributed by atoms with Gasteiger partial charge in [-0.05, 0) is 59.3 Å². The monoisotopic (exact) mass is 342 g/mol. The van der Waals surface area contributed by atoms with Gasteiger partial charge in [-0.15, -0.1) is 5.10 Å². The summed E-state index contributed by atoms with van der Waals surface area (Å²) in [4.78, 5) is 12.1. The van der Waals surface area contributed by atoms with Gasteiger partial charge in [0.1, 0.15) is 6.33 Å². The van der Waals surface area contributed by atoms with E-state index in [0.717, 1.165) is 11.3 Å². The first-order valence-electron chi connectivity index (χ1n) is 7.28. The van der Waals surface area contributed by atoms with E-state index >= 15 is 0 Å².